The lowest BCUT2D eigenvalue weighted by atomic mass is 10.1. The average Bonchev–Trinajstić information content (AvgIpc) is 2.48. The zero-order chi connectivity index (χ0) is 16.1. The largest absolute Gasteiger partial charge is 0.358 e. The molecular weight excluding hydrogens is 305 g/mol. The molecule has 0 aliphatic rings. The van der Waals surface area contributed by atoms with Gasteiger partial charge in [0.2, 0.25) is 0 Å². The SMILES string of the molecule is Cc1ccc(CNC(=S)Nc2ccc(F)cc2[N+](=O)[O-])cc1. The summed E-state index contributed by atoms with van der Waals surface area (Å²) in [6.45, 7) is 2.48. The Balaban J connectivity index is 2.00. The number of nitrogens with zero attached hydrogens (tertiary/aromatic N) is 1. The number of nitro groups is 1. The molecule has 5 nitrogen and oxygen atoms in total. The fraction of sp³-hybridized carbons (Fsp3) is 0.133. The van der Waals surface area contributed by atoms with Gasteiger partial charge in [-0.05, 0) is 36.8 Å². The van der Waals surface area contributed by atoms with Gasteiger partial charge in [0.25, 0.3) is 5.69 Å². The third-order valence-corrected chi connectivity index (χ3v) is 3.22. The molecule has 2 aromatic rings. The summed E-state index contributed by atoms with van der Waals surface area (Å²) in [5.41, 5.74) is 1.97. The van der Waals surface area contributed by atoms with Crippen LogP contribution in [0.5, 0.6) is 0 Å². The first-order valence-electron chi connectivity index (χ1n) is 6.50. The zero-order valence-electron chi connectivity index (χ0n) is 11.8. The van der Waals surface area contributed by atoms with Crippen molar-refractivity contribution in [2.75, 3.05) is 5.32 Å². The topological polar surface area (TPSA) is 67.2 Å². The van der Waals surface area contributed by atoms with Gasteiger partial charge in [-0.3, -0.25) is 10.1 Å². The van der Waals surface area contributed by atoms with Crippen LogP contribution in [0.3, 0.4) is 0 Å². The number of hydrogen-bond donors (Lipinski definition) is 2. The highest BCUT2D eigenvalue weighted by atomic mass is 32.1. The summed E-state index contributed by atoms with van der Waals surface area (Å²) >= 11 is 5.10. The van der Waals surface area contributed by atoms with Gasteiger partial charge in [0.1, 0.15) is 11.5 Å². The molecule has 0 spiro atoms. The maximum absolute atomic E-state index is 13.1. The number of nitrogens with one attached hydrogen (secondary N) is 2. The van der Waals surface area contributed by atoms with E-state index in [-0.39, 0.29) is 16.5 Å². The minimum absolute atomic E-state index is 0.146. The molecule has 114 valence electrons. The molecular formula is C15H14FN3O2S. The molecule has 7 heteroatoms. The molecule has 0 atom stereocenters. The highest BCUT2D eigenvalue weighted by molar-refractivity contribution is 7.80. The fourth-order valence-electron chi connectivity index (χ4n) is 1.82. The molecule has 0 fully saturated rings. The Morgan fingerprint density at radius 2 is 1.95 bits per heavy atom. The summed E-state index contributed by atoms with van der Waals surface area (Å²) < 4.78 is 13.1. The average molecular weight is 319 g/mol. The Morgan fingerprint density at radius 1 is 1.27 bits per heavy atom. The van der Waals surface area contributed by atoms with E-state index < -0.39 is 10.7 Å². The van der Waals surface area contributed by atoms with Crippen LogP contribution in [-0.2, 0) is 6.54 Å². The van der Waals surface area contributed by atoms with E-state index in [2.05, 4.69) is 10.6 Å². The van der Waals surface area contributed by atoms with Crippen LogP contribution in [0.4, 0.5) is 15.8 Å². The monoisotopic (exact) mass is 319 g/mol. The predicted octanol–water partition coefficient (Wildman–Crippen LogP) is 3.53. The Hall–Kier alpha value is -2.54. The number of anilines is 1. The molecule has 0 saturated heterocycles. The summed E-state index contributed by atoms with van der Waals surface area (Å²) in [5, 5.41) is 16.8. The van der Waals surface area contributed by atoms with E-state index in [1.807, 2.05) is 31.2 Å². The third-order valence-electron chi connectivity index (χ3n) is 2.98. The van der Waals surface area contributed by atoms with Crippen molar-refractivity contribution in [3.05, 3.63) is 69.5 Å². The second kappa shape index (κ2) is 6.95. The molecule has 0 heterocycles. The molecule has 0 amide bonds. The fourth-order valence-corrected chi connectivity index (χ4v) is 2.00. The van der Waals surface area contributed by atoms with Crippen LogP contribution in [0.1, 0.15) is 11.1 Å². The molecule has 22 heavy (non-hydrogen) atoms. The molecule has 0 aliphatic carbocycles. The van der Waals surface area contributed by atoms with Gasteiger partial charge in [-0.15, -0.1) is 0 Å². The molecule has 2 rings (SSSR count). The smallest absolute Gasteiger partial charge is 0.295 e. The number of rotatable bonds is 4. The number of thiocarbonyl (C=S) groups is 1. The van der Waals surface area contributed by atoms with Gasteiger partial charge in [0.15, 0.2) is 5.11 Å². The molecule has 0 unspecified atom stereocenters. The first-order valence-corrected chi connectivity index (χ1v) is 6.91. The standard InChI is InChI=1S/C15H14FN3O2S/c1-10-2-4-11(5-3-10)9-17-15(22)18-13-7-6-12(16)8-14(13)19(20)21/h2-8H,9H2,1H3,(H2,17,18,22). The van der Waals surface area contributed by atoms with E-state index in [1.165, 1.54) is 6.07 Å². The van der Waals surface area contributed by atoms with Crippen molar-refractivity contribution in [1.82, 2.24) is 5.32 Å². The van der Waals surface area contributed by atoms with Crippen LogP contribution in [0, 0.1) is 22.9 Å². The van der Waals surface area contributed by atoms with E-state index in [0.29, 0.717) is 6.54 Å². The second-order valence-electron chi connectivity index (χ2n) is 4.71. The Labute approximate surface area is 132 Å². The lowest BCUT2D eigenvalue weighted by molar-refractivity contribution is -0.384. The molecule has 0 radical (unpaired) electrons. The normalized spacial score (nSPS) is 10.1. The Kier molecular flexibility index (Phi) is 5.00. The summed E-state index contributed by atoms with van der Waals surface area (Å²) in [6, 6.07) is 11.2. The van der Waals surface area contributed by atoms with Crippen molar-refractivity contribution in [3.8, 4) is 0 Å². The van der Waals surface area contributed by atoms with Crippen LogP contribution in [0.25, 0.3) is 0 Å². The summed E-state index contributed by atoms with van der Waals surface area (Å²) in [6.07, 6.45) is 0. The lowest BCUT2D eigenvalue weighted by Crippen LogP contribution is -2.28. The van der Waals surface area contributed by atoms with Gasteiger partial charge >= 0.3 is 0 Å². The number of hydrogen-bond acceptors (Lipinski definition) is 3. The van der Waals surface area contributed by atoms with Crippen LogP contribution < -0.4 is 10.6 Å². The number of nitro benzene ring substituents is 1. The van der Waals surface area contributed by atoms with Crippen LogP contribution >= 0.6 is 12.2 Å². The third kappa shape index (κ3) is 4.23. The quantitative estimate of drug-likeness (QED) is 0.513. The van der Waals surface area contributed by atoms with Gasteiger partial charge in [-0.1, -0.05) is 29.8 Å². The van der Waals surface area contributed by atoms with Crippen LogP contribution in [0.2, 0.25) is 0 Å². The van der Waals surface area contributed by atoms with Crippen molar-refractivity contribution in [2.24, 2.45) is 0 Å². The molecule has 0 bridgehead atoms. The van der Waals surface area contributed by atoms with Gasteiger partial charge in [0.05, 0.1) is 11.0 Å². The van der Waals surface area contributed by atoms with Crippen molar-refractivity contribution in [2.45, 2.75) is 13.5 Å². The first kappa shape index (κ1) is 15.8. The van der Waals surface area contributed by atoms with Crippen molar-refractivity contribution < 1.29 is 9.31 Å². The number of halogens is 1. The van der Waals surface area contributed by atoms with Crippen molar-refractivity contribution in [3.63, 3.8) is 0 Å². The molecule has 0 aliphatic heterocycles. The zero-order valence-corrected chi connectivity index (χ0v) is 12.6. The maximum Gasteiger partial charge on any atom is 0.295 e. The van der Waals surface area contributed by atoms with Gasteiger partial charge < -0.3 is 10.6 Å². The minimum Gasteiger partial charge on any atom is -0.358 e. The molecule has 2 N–H and O–H groups in total. The van der Waals surface area contributed by atoms with Gasteiger partial charge in [0, 0.05) is 6.54 Å². The van der Waals surface area contributed by atoms with E-state index in [9.17, 15) is 14.5 Å². The van der Waals surface area contributed by atoms with Crippen LogP contribution in [-0.4, -0.2) is 10.0 Å². The molecule has 2 aromatic carbocycles. The van der Waals surface area contributed by atoms with E-state index in [1.54, 1.807) is 0 Å². The number of aryl methyl sites for hydroxylation is 1. The van der Waals surface area contributed by atoms with E-state index in [4.69, 9.17) is 12.2 Å². The van der Waals surface area contributed by atoms with Crippen molar-refractivity contribution >= 4 is 28.7 Å². The lowest BCUT2D eigenvalue weighted by Gasteiger charge is -2.11. The molecule has 0 saturated carbocycles. The molecule has 0 aromatic heterocycles. The Bertz CT molecular complexity index is 704. The highest BCUT2D eigenvalue weighted by Gasteiger charge is 2.15. The second-order valence-corrected chi connectivity index (χ2v) is 5.12. The maximum atomic E-state index is 13.1. The predicted molar refractivity (Wildman–Crippen MR) is 87.3 cm³/mol. The highest BCUT2D eigenvalue weighted by Crippen LogP contribution is 2.24. The number of benzene rings is 2. The first-order chi connectivity index (χ1) is 10.5. The van der Waals surface area contributed by atoms with E-state index in [0.717, 1.165) is 23.3 Å². The van der Waals surface area contributed by atoms with Crippen molar-refractivity contribution in [1.29, 1.82) is 0 Å². The van der Waals surface area contributed by atoms with Gasteiger partial charge in [-0.25, -0.2) is 4.39 Å². The summed E-state index contributed by atoms with van der Waals surface area (Å²) in [4.78, 5) is 10.2. The minimum atomic E-state index is -0.671. The summed E-state index contributed by atoms with van der Waals surface area (Å²) in [7, 11) is 0. The summed E-state index contributed by atoms with van der Waals surface area (Å²) in [5.74, 6) is -0.671. The van der Waals surface area contributed by atoms with Gasteiger partial charge in [-0.2, -0.15) is 0 Å². The van der Waals surface area contributed by atoms with E-state index >= 15 is 0 Å². The Morgan fingerprint density at radius 3 is 2.59 bits per heavy atom. The van der Waals surface area contributed by atoms with Crippen LogP contribution in [0.15, 0.2) is 42.5 Å².